The maximum atomic E-state index is 12.6. The molecule has 9 nitrogen and oxygen atoms in total. The molecule has 0 radical (unpaired) electrons. The number of ether oxygens (including phenoxy) is 2. The van der Waals surface area contributed by atoms with Crippen molar-refractivity contribution < 1.29 is 14.3 Å². The number of nitrogens with zero attached hydrogens (tertiary/aromatic N) is 3. The summed E-state index contributed by atoms with van der Waals surface area (Å²) in [5.41, 5.74) is 4.09. The quantitative estimate of drug-likeness (QED) is 0.224. The summed E-state index contributed by atoms with van der Waals surface area (Å²) in [5, 5.41) is 20.7. The maximum Gasteiger partial charge on any atom is 0.230 e. The van der Waals surface area contributed by atoms with E-state index < -0.39 is 0 Å². The fourth-order valence-corrected chi connectivity index (χ4v) is 4.75. The molecule has 2 aromatic carbocycles. The molecule has 0 aliphatic heterocycles. The zero-order valence-electron chi connectivity index (χ0n) is 20.4. The van der Waals surface area contributed by atoms with E-state index in [0.29, 0.717) is 45.7 Å². The minimum atomic E-state index is -0.133. The average Bonchev–Trinajstić information content (AvgIpc) is 3.25. The van der Waals surface area contributed by atoms with E-state index in [9.17, 15) is 4.79 Å². The van der Waals surface area contributed by atoms with Crippen LogP contribution >= 0.6 is 23.4 Å². The van der Waals surface area contributed by atoms with Crippen LogP contribution in [0.5, 0.6) is 11.5 Å². The molecule has 0 aliphatic carbocycles. The molecule has 0 spiro atoms. The molecule has 0 unspecified atom stereocenters. The Kier molecular flexibility index (Phi) is 7.85. The third kappa shape index (κ3) is 5.34. The van der Waals surface area contributed by atoms with Crippen molar-refractivity contribution in [2.24, 2.45) is 0 Å². The van der Waals surface area contributed by atoms with Gasteiger partial charge in [-0.15, -0.1) is 0 Å². The van der Waals surface area contributed by atoms with Crippen molar-refractivity contribution in [3.05, 3.63) is 63.7 Å². The predicted octanol–water partition coefficient (Wildman–Crippen LogP) is 3.97. The van der Waals surface area contributed by atoms with Crippen LogP contribution in [0, 0.1) is 19.3 Å². The monoisotopic (exact) mass is 526 g/mol. The number of aromatic nitrogens is 4. The fourth-order valence-electron chi connectivity index (χ4n) is 3.80. The Labute approximate surface area is 217 Å². The molecule has 3 N–H and O–H groups in total. The van der Waals surface area contributed by atoms with Crippen molar-refractivity contribution in [1.82, 2.24) is 25.1 Å². The summed E-state index contributed by atoms with van der Waals surface area (Å²) in [6, 6.07) is 11.2. The van der Waals surface area contributed by atoms with Gasteiger partial charge in [-0.1, -0.05) is 29.4 Å². The van der Waals surface area contributed by atoms with Gasteiger partial charge in [-0.2, -0.15) is 5.10 Å². The molecule has 36 heavy (non-hydrogen) atoms. The van der Waals surface area contributed by atoms with Gasteiger partial charge in [0.15, 0.2) is 22.3 Å². The van der Waals surface area contributed by atoms with Gasteiger partial charge in [0.2, 0.25) is 5.91 Å². The number of hydrogen-bond acceptors (Lipinski definition) is 7. The topological polar surface area (TPSA) is 118 Å². The van der Waals surface area contributed by atoms with Crippen LogP contribution in [-0.2, 0) is 11.2 Å². The van der Waals surface area contributed by atoms with Crippen molar-refractivity contribution in [3.63, 3.8) is 0 Å². The Morgan fingerprint density at radius 3 is 2.67 bits per heavy atom. The summed E-state index contributed by atoms with van der Waals surface area (Å²) in [6.07, 6.45) is 0.647. The van der Waals surface area contributed by atoms with Gasteiger partial charge >= 0.3 is 0 Å². The molecule has 2 aromatic heterocycles. The van der Waals surface area contributed by atoms with E-state index in [1.54, 1.807) is 24.9 Å². The van der Waals surface area contributed by atoms with Gasteiger partial charge in [-0.3, -0.25) is 19.9 Å². The molecular formula is C25H27ClN6O3S. The largest absolute Gasteiger partial charge is 0.493 e. The lowest BCUT2D eigenvalue weighted by Gasteiger charge is -2.14. The molecule has 1 amide bonds. The van der Waals surface area contributed by atoms with E-state index in [-0.39, 0.29) is 17.1 Å². The highest BCUT2D eigenvalue weighted by Gasteiger charge is 2.17. The van der Waals surface area contributed by atoms with Gasteiger partial charge in [0.05, 0.1) is 25.4 Å². The second kappa shape index (κ2) is 11.0. The Balaban J connectivity index is 1.49. The van der Waals surface area contributed by atoms with E-state index in [1.807, 2.05) is 44.2 Å². The molecule has 0 saturated carbocycles. The molecule has 0 atom stereocenters. The maximum absolute atomic E-state index is 12.6. The van der Waals surface area contributed by atoms with Crippen LogP contribution in [0.15, 0.2) is 41.6 Å². The van der Waals surface area contributed by atoms with Crippen molar-refractivity contribution in [2.45, 2.75) is 25.4 Å². The molecule has 0 aliphatic rings. The lowest BCUT2D eigenvalue weighted by atomic mass is 10.1. The second-order valence-corrected chi connectivity index (χ2v) is 9.49. The Hall–Kier alpha value is -3.50. The molecule has 4 aromatic rings. The van der Waals surface area contributed by atoms with Crippen LogP contribution < -0.4 is 20.3 Å². The van der Waals surface area contributed by atoms with Gasteiger partial charge in [-0.05, 0) is 61.7 Å². The number of halogens is 1. The number of carbonyl (C=O) groups excluding carboxylic acids is 1. The highest BCUT2D eigenvalue weighted by molar-refractivity contribution is 7.99. The highest BCUT2D eigenvalue weighted by Crippen LogP contribution is 2.28. The second-order valence-electron chi connectivity index (χ2n) is 8.14. The number of aryl methyl sites for hydroxylation is 2. The van der Waals surface area contributed by atoms with Crippen LogP contribution in [0.2, 0.25) is 5.02 Å². The molecular weight excluding hydrogens is 500 g/mol. The third-order valence-corrected chi connectivity index (χ3v) is 7.06. The molecule has 0 fully saturated rings. The zero-order valence-corrected chi connectivity index (χ0v) is 22.0. The average molecular weight is 527 g/mol. The summed E-state index contributed by atoms with van der Waals surface area (Å²) in [4.78, 5) is 17.3. The minimum absolute atomic E-state index is 0.133. The summed E-state index contributed by atoms with van der Waals surface area (Å²) in [6.45, 7) is 4.23. The number of hydrogen-bond donors (Lipinski definition) is 3. The summed E-state index contributed by atoms with van der Waals surface area (Å²) in [7, 11) is 3.19. The van der Waals surface area contributed by atoms with Crippen molar-refractivity contribution in [1.29, 1.82) is 5.41 Å². The van der Waals surface area contributed by atoms with E-state index in [1.165, 1.54) is 11.8 Å². The van der Waals surface area contributed by atoms with E-state index in [4.69, 9.17) is 26.5 Å². The summed E-state index contributed by atoms with van der Waals surface area (Å²) >= 11 is 7.47. The van der Waals surface area contributed by atoms with Crippen LogP contribution in [0.4, 0.5) is 0 Å². The highest BCUT2D eigenvalue weighted by atomic mass is 35.5. The number of carbonyl (C=O) groups is 1. The standard InChI is InChI=1S/C25H27ClN6O3S/c1-14-11-17(6-7-18(14)26)32-23(27)22-15(2)30-31-24(22)29-25(32)36-13-21(33)28-10-9-16-5-8-19(34-3)20(12-16)35-4/h5-8,11-12,27H,9-10,13H2,1-4H3,(H,28,33)(H,30,31). The Morgan fingerprint density at radius 1 is 1.17 bits per heavy atom. The first-order chi connectivity index (χ1) is 17.3. The third-order valence-electron chi connectivity index (χ3n) is 5.70. The first kappa shape index (κ1) is 25.6. The van der Waals surface area contributed by atoms with Gasteiger partial charge in [0.1, 0.15) is 5.49 Å². The molecule has 188 valence electrons. The molecule has 0 saturated heterocycles. The van der Waals surface area contributed by atoms with Gasteiger partial charge in [-0.25, -0.2) is 4.98 Å². The normalized spacial score (nSPS) is 11.0. The SMILES string of the molecule is COc1ccc(CCNC(=O)CSc2nc3n[nH]c(C)c3c(=N)n2-c2ccc(Cl)c(C)c2)cc1OC. The summed E-state index contributed by atoms with van der Waals surface area (Å²) < 4.78 is 12.3. The number of fused-ring (bicyclic) bond motifs is 1. The fraction of sp³-hybridized carbons (Fsp3) is 0.280. The van der Waals surface area contributed by atoms with E-state index in [2.05, 4.69) is 20.5 Å². The van der Waals surface area contributed by atoms with Crippen LogP contribution in [0.3, 0.4) is 0 Å². The Bertz CT molecular complexity index is 1480. The number of methoxy groups -OCH3 is 2. The van der Waals surface area contributed by atoms with E-state index >= 15 is 0 Å². The minimum Gasteiger partial charge on any atom is -0.493 e. The number of thioether (sulfide) groups is 1. The van der Waals surface area contributed by atoms with Crippen molar-refractivity contribution >= 4 is 40.3 Å². The number of aromatic amines is 1. The van der Waals surface area contributed by atoms with Crippen molar-refractivity contribution in [3.8, 4) is 17.2 Å². The van der Waals surface area contributed by atoms with E-state index in [0.717, 1.165) is 22.5 Å². The molecule has 2 heterocycles. The number of benzene rings is 2. The molecule has 4 rings (SSSR count). The first-order valence-corrected chi connectivity index (χ1v) is 12.6. The Morgan fingerprint density at radius 2 is 1.94 bits per heavy atom. The molecule has 11 heteroatoms. The number of rotatable bonds is 9. The van der Waals surface area contributed by atoms with Crippen LogP contribution in [0.1, 0.15) is 16.8 Å². The lowest BCUT2D eigenvalue weighted by molar-refractivity contribution is -0.118. The van der Waals surface area contributed by atoms with Gasteiger partial charge < -0.3 is 14.8 Å². The van der Waals surface area contributed by atoms with Crippen LogP contribution in [0.25, 0.3) is 16.7 Å². The van der Waals surface area contributed by atoms with Crippen molar-refractivity contribution in [2.75, 3.05) is 26.5 Å². The summed E-state index contributed by atoms with van der Waals surface area (Å²) in [5.74, 6) is 1.32. The number of H-pyrrole nitrogens is 1. The predicted molar refractivity (Wildman–Crippen MR) is 141 cm³/mol. The lowest BCUT2D eigenvalue weighted by Crippen LogP contribution is -2.28. The zero-order chi connectivity index (χ0) is 25.8. The van der Waals surface area contributed by atoms with Crippen LogP contribution in [-0.4, -0.2) is 52.2 Å². The van der Waals surface area contributed by atoms with Gasteiger partial charge in [0.25, 0.3) is 0 Å². The number of amides is 1. The number of nitrogens with one attached hydrogen (secondary N) is 3. The molecule has 0 bridgehead atoms. The first-order valence-electron chi connectivity index (χ1n) is 11.2. The van der Waals surface area contributed by atoms with Gasteiger partial charge in [0, 0.05) is 22.9 Å². The smallest absolute Gasteiger partial charge is 0.230 e.